The van der Waals surface area contributed by atoms with Crippen LogP contribution in [-0.4, -0.2) is 53.3 Å². The van der Waals surface area contributed by atoms with Crippen LogP contribution in [0.5, 0.6) is 0 Å². The van der Waals surface area contributed by atoms with Crippen LogP contribution < -0.4 is 5.32 Å². The maximum atomic E-state index is 12.4. The molecule has 2 amide bonds. The third-order valence-electron chi connectivity index (χ3n) is 4.46. The summed E-state index contributed by atoms with van der Waals surface area (Å²) in [6, 6.07) is -0.987. The predicted molar refractivity (Wildman–Crippen MR) is 73.5 cm³/mol. The SMILES string of the molecule is CCC1CCN(C(=O)NC2(C)CCOC2)C(C(=O)O)C1. The minimum Gasteiger partial charge on any atom is -0.480 e. The summed E-state index contributed by atoms with van der Waals surface area (Å²) in [4.78, 5) is 25.2. The molecule has 0 radical (unpaired) electrons. The normalized spacial score (nSPS) is 34.0. The Morgan fingerprint density at radius 2 is 2.25 bits per heavy atom. The molecule has 3 atom stereocenters. The zero-order chi connectivity index (χ0) is 14.8. The van der Waals surface area contributed by atoms with E-state index in [9.17, 15) is 14.7 Å². The van der Waals surface area contributed by atoms with Crippen LogP contribution in [0.15, 0.2) is 0 Å². The zero-order valence-corrected chi connectivity index (χ0v) is 12.2. The summed E-state index contributed by atoms with van der Waals surface area (Å²) >= 11 is 0. The summed E-state index contributed by atoms with van der Waals surface area (Å²) in [6.45, 7) is 5.64. The summed E-state index contributed by atoms with van der Waals surface area (Å²) < 4.78 is 5.31. The Balaban J connectivity index is 2.01. The lowest BCUT2D eigenvalue weighted by Crippen LogP contribution is -2.58. The van der Waals surface area contributed by atoms with Crippen molar-refractivity contribution in [2.24, 2.45) is 5.92 Å². The number of hydrogen-bond donors (Lipinski definition) is 2. The second kappa shape index (κ2) is 5.99. The highest BCUT2D eigenvalue weighted by Crippen LogP contribution is 2.26. The molecule has 0 bridgehead atoms. The molecule has 0 aromatic heterocycles. The second-order valence-corrected chi connectivity index (χ2v) is 6.14. The predicted octanol–water partition coefficient (Wildman–Crippen LogP) is 1.45. The summed E-state index contributed by atoms with van der Waals surface area (Å²) in [7, 11) is 0. The third-order valence-corrected chi connectivity index (χ3v) is 4.46. The third kappa shape index (κ3) is 3.23. The first-order valence-corrected chi connectivity index (χ1v) is 7.34. The first-order chi connectivity index (χ1) is 9.45. The summed E-state index contributed by atoms with van der Waals surface area (Å²) in [6.07, 6.45) is 3.15. The molecule has 0 saturated carbocycles. The second-order valence-electron chi connectivity index (χ2n) is 6.14. The van der Waals surface area contributed by atoms with Crippen LogP contribution in [0.1, 0.15) is 39.5 Å². The van der Waals surface area contributed by atoms with E-state index < -0.39 is 12.0 Å². The van der Waals surface area contributed by atoms with E-state index in [1.165, 1.54) is 4.90 Å². The van der Waals surface area contributed by atoms with Crippen molar-refractivity contribution >= 4 is 12.0 Å². The zero-order valence-electron chi connectivity index (χ0n) is 12.2. The molecule has 2 aliphatic rings. The molecule has 0 aromatic rings. The van der Waals surface area contributed by atoms with Crippen LogP contribution >= 0.6 is 0 Å². The maximum absolute atomic E-state index is 12.4. The summed E-state index contributed by atoms with van der Waals surface area (Å²) in [5.74, 6) is -0.517. The number of carbonyl (C=O) groups is 2. The number of carbonyl (C=O) groups excluding carboxylic acids is 1. The lowest BCUT2D eigenvalue weighted by molar-refractivity contribution is -0.144. The Morgan fingerprint density at radius 1 is 1.50 bits per heavy atom. The van der Waals surface area contributed by atoms with E-state index in [4.69, 9.17) is 4.74 Å². The molecule has 0 aliphatic carbocycles. The van der Waals surface area contributed by atoms with Crippen LogP contribution in [0.25, 0.3) is 0 Å². The molecule has 2 aliphatic heterocycles. The van der Waals surface area contributed by atoms with Gasteiger partial charge in [0.2, 0.25) is 0 Å². The van der Waals surface area contributed by atoms with Crippen LogP contribution in [0.2, 0.25) is 0 Å². The number of likely N-dealkylation sites (tertiary alicyclic amines) is 1. The van der Waals surface area contributed by atoms with Crippen molar-refractivity contribution < 1.29 is 19.4 Å². The highest BCUT2D eigenvalue weighted by Gasteiger charge is 2.39. The number of nitrogens with zero attached hydrogens (tertiary/aromatic N) is 1. The van der Waals surface area contributed by atoms with Gasteiger partial charge in [0.1, 0.15) is 6.04 Å². The Bertz CT molecular complexity index is 379. The fourth-order valence-electron chi connectivity index (χ4n) is 2.98. The number of amides is 2. The van der Waals surface area contributed by atoms with Gasteiger partial charge < -0.3 is 20.1 Å². The summed E-state index contributed by atoms with van der Waals surface area (Å²) in [5, 5.41) is 12.3. The minimum atomic E-state index is -0.911. The van der Waals surface area contributed by atoms with Crippen molar-refractivity contribution in [2.75, 3.05) is 19.8 Å². The van der Waals surface area contributed by atoms with Crippen molar-refractivity contribution in [3.63, 3.8) is 0 Å². The number of aliphatic carboxylic acids is 1. The monoisotopic (exact) mass is 284 g/mol. The van der Waals surface area contributed by atoms with E-state index in [-0.39, 0.29) is 11.6 Å². The van der Waals surface area contributed by atoms with Gasteiger partial charge in [0.05, 0.1) is 12.1 Å². The van der Waals surface area contributed by atoms with Crippen molar-refractivity contribution in [1.82, 2.24) is 10.2 Å². The van der Waals surface area contributed by atoms with Crippen LogP contribution in [0.3, 0.4) is 0 Å². The summed E-state index contributed by atoms with van der Waals surface area (Å²) in [5.41, 5.74) is -0.373. The molecule has 2 N–H and O–H groups in total. The molecular formula is C14H24N2O4. The maximum Gasteiger partial charge on any atom is 0.326 e. The van der Waals surface area contributed by atoms with Gasteiger partial charge in [-0.15, -0.1) is 0 Å². The Morgan fingerprint density at radius 3 is 2.80 bits per heavy atom. The van der Waals surface area contributed by atoms with Gasteiger partial charge in [-0.3, -0.25) is 0 Å². The van der Waals surface area contributed by atoms with Crippen molar-refractivity contribution in [3.05, 3.63) is 0 Å². The molecule has 6 nitrogen and oxygen atoms in total. The van der Waals surface area contributed by atoms with Gasteiger partial charge in [-0.2, -0.15) is 0 Å². The fraction of sp³-hybridized carbons (Fsp3) is 0.857. The number of piperidine rings is 1. The lowest BCUT2D eigenvalue weighted by Gasteiger charge is -2.38. The average Bonchev–Trinajstić information content (AvgIpc) is 2.84. The highest BCUT2D eigenvalue weighted by atomic mass is 16.5. The Kier molecular flexibility index (Phi) is 4.52. The molecule has 0 spiro atoms. The van der Waals surface area contributed by atoms with E-state index in [1.807, 2.05) is 6.92 Å². The van der Waals surface area contributed by atoms with Crippen LogP contribution in [0.4, 0.5) is 4.79 Å². The number of nitrogens with one attached hydrogen (secondary N) is 1. The van der Waals surface area contributed by atoms with Crippen LogP contribution in [-0.2, 0) is 9.53 Å². The Hall–Kier alpha value is -1.30. The smallest absolute Gasteiger partial charge is 0.326 e. The highest BCUT2D eigenvalue weighted by molar-refractivity contribution is 5.83. The van der Waals surface area contributed by atoms with Gasteiger partial charge in [0.15, 0.2) is 0 Å². The molecule has 0 aromatic carbocycles. The molecule has 3 unspecified atom stereocenters. The van der Waals surface area contributed by atoms with Gasteiger partial charge in [-0.1, -0.05) is 13.3 Å². The van der Waals surface area contributed by atoms with E-state index in [2.05, 4.69) is 12.2 Å². The number of urea groups is 1. The fourth-order valence-corrected chi connectivity index (χ4v) is 2.98. The first kappa shape index (κ1) is 15.1. The largest absolute Gasteiger partial charge is 0.480 e. The van der Waals surface area contributed by atoms with E-state index in [0.29, 0.717) is 32.1 Å². The topological polar surface area (TPSA) is 78.9 Å². The number of hydrogen-bond acceptors (Lipinski definition) is 3. The average molecular weight is 284 g/mol. The lowest BCUT2D eigenvalue weighted by atomic mass is 9.89. The number of carboxylic acid groups (broad SMARTS) is 1. The van der Waals surface area contributed by atoms with Gasteiger partial charge in [-0.25, -0.2) is 9.59 Å². The van der Waals surface area contributed by atoms with Crippen molar-refractivity contribution in [3.8, 4) is 0 Å². The quantitative estimate of drug-likeness (QED) is 0.822. The number of carboxylic acids is 1. The molecule has 2 saturated heterocycles. The molecule has 2 heterocycles. The first-order valence-electron chi connectivity index (χ1n) is 7.34. The molecule has 114 valence electrons. The molecule has 20 heavy (non-hydrogen) atoms. The van der Waals surface area contributed by atoms with Gasteiger partial charge >= 0.3 is 12.0 Å². The van der Waals surface area contributed by atoms with E-state index in [0.717, 1.165) is 19.3 Å². The molecule has 2 rings (SSSR count). The minimum absolute atomic E-state index is 0.278. The molecular weight excluding hydrogens is 260 g/mol. The molecule has 6 heteroatoms. The number of ether oxygens (including phenoxy) is 1. The molecule has 2 fully saturated rings. The van der Waals surface area contributed by atoms with Gasteiger partial charge in [-0.05, 0) is 32.1 Å². The number of rotatable bonds is 3. The van der Waals surface area contributed by atoms with Crippen LogP contribution in [0, 0.1) is 5.92 Å². The standard InChI is InChI=1S/C14H24N2O4/c1-3-10-4-6-16(11(8-10)12(17)18)13(19)15-14(2)5-7-20-9-14/h10-11H,3-9H2,1-2H3,(H,15,19)(H,17,18). The van der Waals surface area contributed by atoms with Crippen molar-refractivity contribution in [2.45, 2.75) is 51.1 Å². The van der Waals surface area contributed by atoms with Gasteiger partial charge in [0.25, 0.3) is 0 Å². The Labute approximate surface area is 119 Å². The van der Waals surface area contributed by atoms with Gasteiger partial charge in [0, 0.05) is 13.2 Å². The van der Waals surface area contributed by atoms with E-state index >= 15 is 0 Å². The van der Waals surface area contributed by atoms with Crippen molar-refractivity contribution in [1.29, 1.82) is 0 Å². The van der Waals surface area contributed by atoms with E-state index in [1.54, 1.807) is 0 Å².